The van der Waals surface area contributed by atoms with Gasteiger partial charge in [-0.05, 0) is 6.42 Å². The molecule has 0 radical (unpaired) electrons. The van der Waals surface area contributed by atoms with Crippen LogP contribution in [-0.2, 0) is 27.3 Å². The number of carbonyl (C=O) groups excluding carboxylic acids is 1. The van der Waals surface area contributed by atoms with Crippen molar-refractivity contribution in [1.29, 1.82) is 0 Å². The van der Waals surface area contributed by atoms with Crippen molar-refractivity contribution in [3.8, 4) is 0 Å². The molecule has 12 heavy (non-hydrogen) atoms. The molecule has 72 valence electrons. The Morgan fingerprint density at radius 3 is 2.00 bits per heavy atom. The lowest BCUT2D eigenvalue weighted by molar-refractivity contribution is -0.123. The molecule has 2 unspecified atom stereocenters. The fourth-order valence-electron chi connectivity index (χ4n) is 0.534. The molecular weight excluding hydrogens is 206 g/mol. The van der Waals surface area contributed by atoms with Crippen LogP contribution in [0.15, 0.2) is 0 Å². The summed E-state index contributed by atoms with van der Waals surface area (Å²) in [5, 5.41) is 0. The number of hydrogen-bond acceptors (Lipinski definition) is 3. The van der Waals surface area contributed by atoms with E-state index in [4.69, 9.17) is 9.11 Å². The van der Waals surface area contributed by atoms with Crippen molar-refractivity contribution in [2.45, 2.75) is 19.8 Å². The molecule has 1 amide bonds. The second kappa shape index (κ2) is 5.36. The summed E-state index contributed by atoms with van der Waals surface area (Å²) in [6, 6.07) is 0. The fourth-order valence-corrected chi connectivity index (χ4v) is 1.50. The minimum Gasteiger partial charge on any atom is -0.288 e. The lowest BCUT2D eigenvalue weighted by Crippen LogP contribution is -2.33. The van der Waals surface area contributed by atoms with E-state index in [1.807, 2.05) is 0 Å². The van der Waals surface area contributed by atoms with E-state index in [-0.39, 0.29) is 10.1 Å². The molecule has 0 aromatic carbocycles. The first-order chi connectivity index (χ1) is 5.50. The third-order valence-corrected chi connectivity index (χ3v) is 2.69. The SMILES string of the molecule is CCCC(=O)N(S(=O)O)S(=O)O. The van der Waals surface area contributed by atoms with Crippen molar-refractivity contribution in [2.24, 2.45) is 0 Å². The maximum absolute atomic E-state index is 10.8. The molecule has 0 saturated heterocycles. The molecule has 0 aromatic rings. The van der Waals surface area contributed by atoms with Gasteiger partial charge in [-0.1, -0.05) is 6.92 Å². The lowest BCUT2D eigenvalue weighted by atomic mass is 10.3. The highest BCUT2D eigenvalue weighted by molar-refractivity contribution is 7.93. The van der Waals surface area contributed by atoms with Crippen molar-refractivity contribution in [3.63, 3.8) is 0 Å². The van der Waals surface area contributed by atoms with Gasteiger partial charge in [-0.25, -0.2) is 8.42 Å². The van der Waals surface area contributed by atoms with Gasteiger partial charge in [0, 0.05) is 6.42 Å². The smallest absolute Gasteiger partial charge is 0.278 e. The summed E-state index contributed by atoms with van der Waals surface area (Å²) in [6.45, 7) is 1.68. The molecule has 2 N–H and O–H groups in total. The Hall–Kier alpha value is -0.310. The van der Waals surface area contributed by atoms with Crippen molar-refractivity contribution >= 4 is 28.4 Å². The molecule has 0 rings (SSSR count). The number of carbonyl (C=O) groups is 1. The molecule has 0 aliphatic carbocycles. The predicted octanol–water partition coefficient (Wildman–Crippen LogP) is -0.111. The molecule has 8 heteroatoms. The first-order valence-corrected chi connectivity index (χ1v) is 5.18. The molecule has 2 atom stereocenters. The lowest BCUT2D eigenvalue weighted by Gasteiger charge is -2.10. The zero-order chi connectivity index (χ0) is 9.72. The molecule has 0 fully saturated rings. The van der Waals surface area contributed by atoms with Gasteiger partial charge in [0.1, 0.15) is 0 Å². The normalized spacial score (nSPS) is 15.2. The Kier molecular flexibility index (Phi) is 5.22. The molecule has 6 nitrogen and oxygen atoms in total. The average Bonchev–Trinajstić information content (AvgIpc) is 1.85. The zero-order valence-corrected chi connectivity index (χ0v) is 7.93. The molecule has 0 spiro atoms. The van der Waals surface area contributed by atoms with Gasteiger partial charge in [0.05, 0.1) is 0 Å². The van der Waals surface area contributed by atoms with E-state index in [9.17, 15) is 13.2 Å². The van der Waals surface area contributed by atoms with E-state index in [0.717, 1.165) is 0 Å². The monoisotopic (exact) mass is 215 g/mol. The molecule has 0 bridgehead atoms. The first-order valence-electron chi connectivity index (χ1n) is 3.05. The van der Waals surface area contributed by atoms with E-state index in [1.165, 1.54) is 0 Å². The summed E-state index contributed by atoms with van der Waals surface area (Å²) in [5.41, 5.74) is 0. The third-order valence-electron chi connectivity index (χ3n) is 0.951. The van der Waals surface area contributed by atoms with Crippen molar-refractivity contribution in [1.82, 2.24) is 3.71 Å². The van der Waals surface area contributed by atoms with E-state index < -0.39 is 28.4 Å². The Morgan fingerprint density at radius 1 is 1.33 bits per heavy atom. The Bertz CT molecular complexity index is 203. The predicted molar refractivity (Wildman–Crippen MR) is 43.3 cm³/mol. The van der Waals surface area contributed by atoms with Gasteiger partial charge in [0.2, 0.25) is 5.91 Å². The average molecular weight is 215 g/mol. The Balaban J connectivity index is 4.41. The molecular formula is C4H9NO5S2. The van der Waals surface area contributed by atoms with Crippen LogP contribution in [0.25, 0.3) is 0 Å². The topological polar surface area (TPSA) is 94.9 Å². The van der Waals surface area contributed by atoms with Gasteiger partial charge in [-0.15, -0.1) is 3.71 Å². The van der Waals surface area contributed by atoms with Crippen LogP contribution in [0.5, 0.6) is 0 Å². The second-order valence-corrected chi connectivity index (χ2v) is 3.75. The van der Waals surface area contributed by atoms with Gasteiger partial charge in [0.15, 0.2) is 0 Å². The standard InChI is InChI=1S/C4H9NO5S2/c1-2-3-4(6)5(11(7)8)12(9)10/h2-3H2,1H3,(H,7,8)(H,9,10). The summed E-state index contributed by atoms with van der Waals surface area (Å²) in [7, 11) is 0. The van der Waals surface area contributed by atoms with Gasteiger partial charge in [-0.2, -0.15) is 0 Å². The van der Waals surface area contributed by atoms with Gasteiger partial charge in [0.25, 0.3) is 22.5 Å². The zero-order valence-electron chi connectivity index (χ0n) is 6.30. The summed E-state index contributed by atoms with van der Waals surface area (Å²) < 4.78 is 37.5. The Labute approximate surface area is 74.8 Å². The summed E-state index contributed by atoms with van der Waals surface area (Å²) in [5.74, 6) is -0.820. The minimum absolute atomic E-state index is 0.00347. The van der Waals surface area contributed by atoms with Gasteiger partial charge in [-0.3, -0.25) is 13.9 Å². The van der Waals surface area contributed by atoms with Crippen LogP contribution >= 0.6 is 0 Å². The number of rotatable bonds is 4. The van der Waals surface area contributed by atoms with Crippen LogP contribution in [0.3, 0.4) is 0 Å². The van der Waals surface area contributed by atoms with Crippen molar-refractivity contribution < 1.29 is 22.3 Å². The number of nitrogens with zero attached hydrogens (tertiary/aromatic N) is 1. The van der Waals surface area contributed by atoms with Gasteiger partial charge < -0.3 is 0 Å². The highest BCUT2D eigenvalue weighted by Gasteiger charge is 2.23. The highest BCUT2D eigenvalue weighted by Crippen LogP contribution is 2.02. The van der Waals surface area contributed by atoms with E-state index in [1.54, 1.807) is 6.92 Å². The molecule has 0 saturated carbocycles. The largest absolute Gasteiger partial charge is 0.288 e. The van der Waals surface area contributed by atoms with Crippen LogP contribution in [0.1, 0.15) is 19.8 Å². The summed E-state index contributed by atoms with van der Waals surface area (Å²) in [6.07, 6.45) is 0.419. The maximum atomic E-state index is 10.8. The van der Waals surface area contributed by atoms with Crippen LogP contribution in [0.2, 0.25) is 0 Å². The highest BCUT2D eigenvalue weighted by atomic mass is 32.3. The van der Waals surface area contributed by atoms with Gasteiger partial charge >= 0.3 is 0 Å². The summed E-state index contributed by atoms with van der Waals surface area (Å²) >= 11 is -5.46. The Morgan fingerprint density at radius 2 is 1.75 bits per heavy atom. The fraction of sp³-hybridized carbons (Fsp3) is 0.750. The first kappa shape index (κ1) is 11.7. The van der Waals surface area contributed by atoms with Crippen LogP contribution < -0.4 is 0 Å². The van der Waals surface area contributed by atoms with E-state index >= 15 is 0 Å². The quantitative estimate of drug-likeness (QED) is 0.638. The molecule has 0 heterocycles. The molecule has 0 aliphatic heterocycles. The van der Waals surface area contributed by atoms with Crippen molar-refractivity contribution in [2.75, 3.05) is 0 Å². The number of hydrogen-bond donors (Lipinski definition) is 2. The molecule has 0 aromatic heterocycles. The van der Waals surface area contributed by atoms with E-state index in [2.05, 4.69) is 0 Å². The van der Waals surface area contributed by atoms with Crippen LogP contribution in [0, 0.1) is 0 Å². The minimum atomic E-state index is -2.73. The maximum Gasteiger partial charge on any atom is 0.278 e. The number of amides is 1. The van der Waals surface area contributed by atoms with Crippen molar-refractivity contribution in [3.05, 3.63) is 0 Å². The second-order valence-electron chi connectivity index (χ2n) is 1.86. The van der Waals surface area contributed by atoms with Crippen LogP contribution in [0.4, 0.5) is 0 Å². The summed E-state index contributed by atoms with van der Waals surface area (Å²) in [4.78, 5) is 10.8. The van der Waals surface area contributed by atoms with E-state index in [0.29, 0.717) is 6.42 Å². The molecule has 0 aliphatic rings. The van der Waals surface area contributed by atoms with Crippen LogP contribution in [-0.4, -0.2) is 27.1 Å². The third kappa shape index (κ3) is 3.39.